The Morgan fingerprint density at radius 3 is 1.63 bits per heavy atom. The van der Waals surface area contributed by atoms with Crippen LogP contribution in [0.3, 0.4) is 0 Å². The maximum absolute atomic E-state index is 13.1. The molecule has 0 spiro atoms. The van der Waals surface area contributed by atoms with Crippen LogP contribution >= 0.6 is 0 Å². The van der Waals surface area contributed by atoms with Crippen LogP contribution in [0.4, 0.5) is 4.39 Å². The molecule has 0 unspecified atom stereocenters. The van der Waals surface area contributed by atoms with Gasteiger partial charge in [0.25, 0.3) is 0 Å². The molecule has 4 aromatic carbocycles. The Hall–Kier alpha value is -3.99. The zero-order valence-electron chi connectivity index (χ0n) is 16.1. The summed E-state index contributed by atoms with van der Waals surface area (Å²) in [7, 11) is 0. The van der Waals surface area contributed by atoms with Gasteiger partial charge in [0.05, 0.1) is 16.5 Å². The second-order valence-corrected chi connectivity index (χ2v) is 6.76. The standard InChI is InChI=1S/C25H17FO4/c1-16-8-10-18(11-9-16)24(27)29-21-6-2-4-17-5-3-7-22(23(17)21)30-25(28)19-12-14-20(26)15-13-19/h2-15H,1H3. The summed E-state index contributed by atoms with van der Waals surface area (Å²) >= 11 is 0. The highest BCUT2D eigenvalue weighted by atomic mass is 19.1. The number of hydrogen-bond donors (Lipinski definition) is 0. The molecule has 0 N–H and O–H groups in total. The second kappa shape index (κ2) is 8.17. The van der Waals surface area contributed by atoms with E-state index >= 15 is 0 Å². The molecule has 4 rings (SSSR count). The average molecular weight is 400 g/mol. The molecule has 4 nitrogen and oxygen atoms in total. The lowest BCUT2D eigenvalue weighted by Crippen LogP contribution is -2.11. The summed E-state index contributed by atoms with van der Waals surface area (Å²) in [6, 6.07) is 22.5. The van der Waals surface area contributed by atoms with Crippen molar-refractivity contribution in [2.75, 3.05) is 0 Å². The van der Waals surface area contributed by atoms with Gasteiger partial charge in [-0.15, -0.1) is 0 Å². The lowest BCUT2D eigenvalue weighted by atomic mass is 10.1. The molecule has 0 radical (unpaired) electrons. The zero-order valence-corrected chi connectivity index (χ0v) is 16.1. The Kier molecular flexibility index (Phi) is 5.26. The van der Waals surface area contributed by atoms with E-state index in [1.807, 2.05) is 31.2 Å². The van der Waals surface area contributed by atoms with Crippen molar-refractivity contribution in [1.82, 2.24) is 0 Å². The predicted octanol–water partition coefficient (Wildman–Crippen LogP) is 5.73. The number of esters is 2. The van der Waals surface area contributed by atoms with Crippen LogP contribution in [0.15, 0.2) is 84.9 Å². The van der Waals surface area contributed by atoms with E-state index in [0.29, 0.717) is 10.9 Å². The van der Waals surface area contributed by atoms with Crippen molar-refractivity contribution < 1.29 is 23.5 Å². The van der Waals surface area contributed by atoms with Crippen molar-refractivity contribution in [2.45, 2.75) is 6.92 Å². The highest BCUT2D eigenvalue weighted by Crippen LogP contribution is 2.35. The normalized spacial score (nSPS) is 10.6. The molecular formula is C25H17FO4. The number of halogens is 1. The van der Waals surface area contributed by atoms with Gasteiger partial charge in [0.2, 0.25) is 0 Å². The molecule has 148 valence electrons. The topological polar surface area (TPSA) is 52.6 Å². The molecule has 0 aliphatic rings. The fraction of sp³-hybridized carbons (Fsp3) is 0.0400. The minimum absolute atomic E-state index is 0.211. The number of hydrogen-bond acceptors (Lipinski definition) is 4. The number of fused-ring (bicyclic) bond motifs is 1. The quantitative estimate of drug-likeness (QED) is 0.324. The third-order valence-corrected chi connectivity index (χ3v) is 4.60. The highest BCUT2D eigenvalue weighted by Gasteiger charge is 2.16. The third-order valence-electron chi connectivity index (χ3n) is 4.60. The largest absolute Gasteiger partial charge is 0.422 e. The van der Waals surface area contributed by atoms with Gasteiger partial charge in [-0.1, -0.05) is 42.0 Å². The number of carbonyl (C=O) groups is 2. The van der Waals surface area contributed by atoms with Crippen LogP contribution < -0.4 is 9.47 Å². The first-order chi connectivity index (χ1) is 14.5. The van der Waals surface area contributed by atoms with Gasteiger partial charge >= 0.3 is 11.9 Å². The van der Waals surface area contributed by atoms with Crippen molar-refractivity contribution in [3.63, 3.8) is 0 Å². The Morgan fingerprint density at radius 1 is 0.667 bits per heavy atom. The first-order valence-corrected chi connectivity index (χ1v) is 9.29. The molecule has 0 aliphatic carbocycles. The molecule has 0 saturated carbocycles. The average Bonchev–Trinajstić information content (AvgIpc) is 2.75. The number of ether oxygens (including phenoxy) is 2. The van der Waals surface area contributed by atoms with Crippen LogP contribution in [0.1, 0.15) is 26.3 Å². The molecule has 0 fully saturated rings. The summed E-state index contributed by atoms with van der Waals surface area (Å²) in [5.74, 6) is -1.07. The van der Waals surface area contributed by atoms with Crippen LogP contribution in [-0.2, 0) is 0 Å². The van der Waals surface area contributed by atoms with Gasteiger partial charge in [0, 0.05) is 0 Å². The van der Waals surface area contributed by atoms with Crippen LogP contribution in [0.25, 0.3) is 10.8 Å². The van der Waals surface area contributed by atoms with Crippen molar-refractivity contribution >= 4 is 22.7 Å². The predicted molar refractivity (Wildman–Crippen MR) is 111 cm³/mol. The molecular weight excluding hydrogens is 383 g/mol. The fourth-order valence-corrected chi connectivity index (χ4v) is 3.04. The first-order valence-electron chi connectivity index (χ1n) is 9.29. The Labute approximate surface area is 172 Å². The summed E-state index contributed by atoms with van der Waals surface area (Å²) in [5, 5.41) is 1.24. The SMILES string of the molecule is Cc1ccc(C(=O)Oc2cccc3cccc(OC(=O)c4ccc(F)cc4)c23)cc1. The van der Waals surface area contributed by atoms with E-state index < -0.39 is 17.8 Å². The molecule has 0 bridgehead atoms. The smallest absolute Gasteiger partial charge is 0.343 e. The maximum Gasteiger partial charge on any atom is 0.343 e. The van der Waals surface area contributed by atoms with Gasteiger partial charge in [0.1, 0.15) is 17.3 Å². The third kappa shape index (κ3) is 4.05. The van der Waals surface area contributed by atoms with Crippen LogP contribution in [0.2, 0.25) is 0 Å². The summed E-state index contributed by atoms with van der Waals surface area (Å²) in [4.78, 5) is 25.1. The van der Waals surface area contributed by atoms with E-state index in [4.69, 9.17) is 9.47 Å². The summed E-state index contributed by atoms with van der Waals surface area (Å²) in [6.07, 6.45) is 0. The number of aryl methyl sites for hydroxylation is 1. The van der Waals surface area contributed by atoms with Crippen molar-refractivity contribution in [3.05, 3.63) is 107 Å². The molecule has 0 amide bonds. The Balaban J connectivity index is 1.67. The lowest BCUT2D eigenvalue weighted by Gasteiger charge is -2.12. The summed E-state index contributed by atoms with van der Waals surface area (Å²) < 4.78 is 24.3. The van der Waals surface area contributed by atoms with E-state index in [2.05, 4.69) is 0 Å². The van der Waals surface area contributed by atoms with Gasteiger partial charge in [-0.3, -0.25) is 0 Å². The Morgan fingerprint density at radius 2 is 1.13 bits per heavy atom. The second-order valence-electron chi connectivity index (χ2n) is 6.76. The number of carbonyl (C=O) groups excluding carboxylic acids is 2. The first kappa shape index (κ1) is 19.3. The van der Waals surface area contributed by atoms with E-state index in [1.54, 1.807) is 36.4 Å². The van der Waals surface area contributed by atoms with Gasteiger partial charge in [-0.25, -0.2) is 14.0 Å². The van der Waals surface area contributed by atoms with Gasteiger partial charge < -0.3 is 9.47 Å². The monoisotopic (exact) mass is 400 g/mol. The van der Waals surface area contributed by atoms with Crippen LogP contribution in [0.5, 0.6) is 11.5 Å². The molecule has 0 aliphatic heterocycles. The highest BCUT2D eigenvalue weighted by molar-refractivity contribution is 6.00. The fourth-order valence-electron chi connectivity index (χ4n) is 3.04. The number of benzene rings is 4. The van der Waals surface area contributed by atoms with Crippen LogP contribution in [0, 0.1) is 12.7 Å². The van der Waals surface area contributed by atoms with E-state index in [9.17, 15) is 14.0 Å². The summed E-state index contributed by atoms with van der Waals surface area (Å²) in [5.41, 5.74) is 1.66. The van der Waals surface area contributed by atoms with E-state index in [1.165, 1.54) is 24.3 Å². The van der Waals surface area contributed by atoms with E-state index in [0.717, 1.165) is 10.9 Å². The molecule has 0 aromatic heterocycles. The van der Waals surface area contributed by atoms with Crippen molar-refractivity contribution in [1.29, 1.82) is 0 Å². The van der Waals surface area contributed by atoms with Crippen LogP contribution in [-0.4, -0.2) is 11.9 Å². The molecule has 0 saturated heterocycles. The maximum atomic E-state index is 13.1. The zero-order chi connectivity index (χ0) is 21.1. The Bertz CT molecular complexity index is 1130. The lowest BCUT2D eigenvalue weighted by molar-refractivity contribution is 0.0735. The van der Waals surface area contributed by atoms with Crippen molar-refractivity contribution in [2.24, 2.45) is 0 Å². The minimum Gasteiger partial charge on any atom is -0.422 e. The van der Waals surface area contributed by atoms with Gasteiger partial charge in [0.15, 0.2) is 0 Å². The number of rotatable bonds is 4. The summed E-state index contributed by atoms with van der Waals surface area (Å²) in [6.45, 7) is 1.93. The van der Waals surface area contributed by atoms with Gasteiger partial charge in [-0.05, 0) is 60.8 Å². The minimum atomic E-state index is -0.637. The molecule has 4 aromatic rings. The molecule has 30 heavy (non-hydrogen) atoms. The van der Waals surface area contributed by atoms with E-state index in [-0.39, 0.29) is 17.1 Å². The van der Waals surface area contributed by atoms with Gasteiger partial charge in [-0.2, -0.15) is 0 Å². The molecule has 5 heteroatoms. The molecule has 0 heterocycles. The molecule has 0 atom stereocenters. The van der Waals surface area contributed by atoms with Crippen molar-refractivity contribution in [3.8, 4) is 11.5 Å².